The molecule has 1 aromatic carbocycles. The third-order valence-corrected chi connectivity index (χ3v) is 4.50. The average molecular weight is 321 g/mol. The predicted octanol–water partition coefficient (Wildman–Crippen LogP) is 3.91. The van der Waals surface area contributed by atoms with Crippen molar-refractivity contribution in [3.8, 4) is 5.75 Å². The van der Waals surface area contributed by atoms with Gasteiger partial charge in [-0.1, -0.05) is 23.7 Å². The van der Waals surface area contributed by atoms with Gasteiger partial charge in [-0.05, 0) is 37.6 Å². The van der Waals surface area contributed by atoms with Crippen molar-refractivity contribution >= 4 is 11.6 Å². The Hall–Kier alpha value is -1.65. The van der Waals surface area contributed by atoms with Crippen molar-refractivity contribution in [3.63, 3.8) is 0 Å². The molecule has 116 valence electrons. The number of pyridine rings is 1. The quantitative estimate of drug-likeness (QED) is 0.927. The molecule has 1 unspecified atom stereocenters. The first-order valence-electron chi connectivity index (χ1n) is 7.38. The largest absolute Gasteiger partial charge is 0.481 e. The molecule has 0 radical (unpaired) electrons. The number of benzene rings is 1. The zero-order valence-corrected chi connectivity index (χ0v) is 13.1. The first kappa shape index (κ1) is 15.3. The van der Waals surface area contributed by atoms with E-state index in [1.54, 1.807) is 18.5 Å². The molecule has 1 aliphatic rings. The summed E-state index contributed by atoms with van der Waals surface area (Å²) in [5.74, 6) is -0.0435. The van der Waals surface area contributed by atoms with Crippen LogP contribution >= 0.6 is 11.6 Å². The van der Waals surface area contributed by atoms with Crippen LogP contribution in [0.4, 0.5) is 4.39 Å². The topological polar surface area (TPSA) is 34.1 Å². The Bertz CT molecular complexity index is 645. The van der Waals surface area contributed by atoms with Gasteiger partial charge in [-0.25, -0.2) is 4.39 Å². The highest BCUT2D eigenvalue weighted by Crippen LogP contribution is 2.37. The summed E-state index contributed by atoms with van der Waals surface area (Å²) < 4.78 is 20.2. The van der Waals surface area contributed by atoms with Crippen LogP contribution in [0.1, 0.15) is 23.7 Å². The zero-order valence-electron chi connectivity index (χ0n) is 12.4. The number of hydrogen-bond donors (Lipinski definition) is 1. The summed E-state index contributed by atoms with van der Waals surface area (Å²) in [5, 5.41) is 3.66. The third-order valence-electron chi connectivity index (χ3n) is 4.03. The Morgan fingerprint density at radius 3 is 2.95 bits per heavy atom. The molecule has 5 heteroatoms. The maximum atomic E-state index is 14.2. The van der Waals surface area contributed by atoms with Gasteiger partial charge in [-0.2, -0.15) is 0 Å². The van der Waals surface area contributed by atoms with Crippen molar-refractivity contribution in [1.29, 1.82) is 0 Å². The fraction of sp³-hybridized carbons (Fsp3) is 0.353. The van der Waals surface area contributed by atoms with E-state index in [-0.39, 0.29) is 17.8 Å². The number of hydrogen-bond acceptors (Lipinski definition) is 3. The van der Waals surface area contributed by atoms with Crippen LogP contribution < -0.4 is 10.1 Å². The van der Waals surface area contributed by atoms with Crippen LogP contribution in [0.5, 0.6) is 5.75 Å². The molecule has 0 amide bonds. The van der Waals surface area contributed by atoms with Crippen molar-refractivity contribution in [2.75, 3.05) is 13.1 Å². The summed E-state index contributed by atoms with van der Waals surface area (Å²) in [6, 6.07) is 6.87. The standard InChI is InChI=1S/C17H18ClFN2O/c1-11-4-5-14(19)17(15(11)18)22-16(13-6-8-21-10-13)12-3-2-7-20-9-12/h2-5,7,9,13,16,21H,6,8,10H2,1H3/t13?,16-/m1/s1. The molecule has 1 fully saturated rings. The lowest BCUT2D eigenvalue weighted by Crippen LogP contribution is -2.22. The molecule has 1 saturated heterocycles. The minimum atomic E-state index is -0.435. The molecule has 2 atom stereocenters. The minimum Gasteiger partial charge on any atom is -0.481 e. The molecule has 22 heavy (non-hydrogen) atoms. The van der Waals surface area contributed by atoms with Crippen LogP contribution in [0.2, 0.25) is 5.02 Å². The summed E-state index contributed by atoms with van der Waals surface area (Å²) in [4.78, 5) is 4.15. The molecule has 0 saturated carbocycles. The number of aromatic nitrogens is 1. The molecule has 0 aliphatic carbocycles. The molecule has 2 aromatic rings. The monoisotopic (exact) mass is 320 g/mol. The highest BCUT2D eigenvalue weighted by molar-refractivity contribution is 6.32. The van der Waals surface area contributed by atoms with Gasteiger partial charge < -0.3 is 10.1 Å². The van der Waals surface area contributed by atoms with Crippen molar-refractivity contribution in [3.05, 3.63) is 58.6 Å². The van der Waals surface area contributed by atoms with E-state index in [2.05, 4.69) is 10.3 Å². The number of nitrogens with zero attached hydrogens (tertiary/aromatic N) is 1. The lowest BCUT2D eigenvalue weighted by molar-refractivity contribution is 0.138. The van der Waals surface area contributed by atoms with Gasteiger partial charge in [0.25, 0.3) is 0 Å². The maximum absolute atomic E-state index is 14.2. The number of halogens is 2. The van der Waals surface area contributed by atoms with Crippen molar-refractivity contribution < 1.29 is 9.13 Å². The van der Waals surface area contributed by atoms with Gasteiger partial charge in [0.2, 0.25) is 0 Å². The highest BCUT2D eigenvalue weighted by atomic mass is 35.5. The second kappa shape index (κ2) is 6.63. The van der Waals surface area contributed by atoms with Crippen LogP contribution in [-0.2, 0) is 0 Å². The fourth-order valence-corrected chi connectivity index (χ4v) is 2.98. The number of ether oxygens (including phenoxy) is 1. The van der Waals surface area contributed by atoms with Gasteiger partial charge in [0.15, 0.2) is 11.6 Å². The normalized spacial score (nSPS) is 19.1. The number of nitrogens with one attached hydrogen (secondary N) is 1. The molecule has 1 aliphatic heterocycles. The molecular formula is C17H18ClFN2O. The van der Waals surface area contributed by atoms with Gasteiger partial charge in [0, 0.05) is 30.4 Å². The Labute approximate surface area is 134 Å². The molecule has 2 heterocycles. The second-order valence-electron chi connectivity index (χ2n) is 5.59. The van der Waals surface area contributed by atoms with Crippen LogP contribution in [0, 0.1) is 18.7 Å². The van der Waals surface area contributed by atoms with Crippen molar-refractivity contribution in [1.82, 2.24) is 10.3 Å². The van der Waals surface area contributed by atoms with E-state index in [9.17, 15) is 4.39 Å². The zero-order chi connectivity index (χ0) is 15.5. The van der Waals surface area contributed by atoms with E-state index >= 15 is 0 Å². The second-order valence-corrected chi connectivity index (χ2v) is 5.96. The smallest absolute Gasteiger partial charge is 0.174 e. The lowest BCUT2D eigenvalue weighted by atomic mass is 9.96. The Balaban J connectivity index is 1.95. The summed E-state index contributed by atoms with van der Waals surface area (Å²) in [7, 11) is 0. The van der Waals surface area contributed by atoms with E-state index < -0.39 is 5.82 Å². The van der Waals surface area contributed by atoms with Crippen molar-refractivity contribution in [2.24, 2.45) is 5.92 Å². The lowest BCUT2D eigenvalue weighted by Gasteiger charge is -2.25. The van der Waals surface area contributed by atoms with E-state index in [1.165, 1.54) is 6.07 Å². The average Bonchev–Trinajstić information content (AvgIpc) is 3.06. The molecule has 0 spiro atoms. The minimum absolute atomic E-state index is 0.127. The molecule has 1 aromatic heterocycles. The van der Waals surface area contributed by atoms with Crippen LogP contribution in [0.3, 0.4) is 0 Å². The number of aryl methyl sites for hydroxylation is 1. The first-order valence-corrected chi connectivity index (χ1v) is 7.76. The van der Waals surface area contributed by atoms with Gasteiger partial charge in [-0.3, -0.25) is 4.98 Å². The summed E-state index contributed by atoms with van der Waals surface area (Å²) >= 11 is 6.24. The van der Waals surface area contributed by atoms with Crippen molar-refractivity contribution in [2.45, 2.75) is 19.4 Å². The third kappa shape index (κ3) is 3.08. The van der Waals surface area contributed by atoms with Crippen LogP contribution in [0.15, 0.2) is 36.7 Å². The molecular weight excluding hydrogens is 303 g/mol. The van der Waals surface area contributed by atoms with Crippen LogP contribution in [-0.4, -0.2) is 18.1 Å². The van der Waals surface area contributed by atoms with E-state index in [0.29, 0.717) is 5.02 Å². The summed E-state index contributed by atoms with van der Waals surface area (Å²) in [6.07, 6.45) is 4.19. The van der Waals surface area contributed by atoms with Gasteiger partial charge >= 0.3 is 0 Å². The van der Waals surface area contributed by atoms with E-state index in [4.69, 9.17) is 16.3 Å². The number of rotatable bonds is 4. The maximum Gasteiger partial charge on any atom is 0.174 e. The van der Waals surface area contributed by atoms with E-state index in [0.717, 1.165) is 30.6 Å². The van der Waals surface area contributed by atoms with Gasteiger partial charge in [-0.15, -0.1) is 0 Å². The van der Waals surface area contributed by atoms with Gasteiger partial charge in [0.05, 0.1) is 5.02 Å². The van der Waals surface area contributed by atoms with Gasteiger partial charge in [0.1, 0.15) is 6.10 Å². The predicted molar refractivity (Wildman–Crippen MR) is 84.7 cm³/mol. The fourth-order valence-electron chi connectivity index (χ4n) is 2.78. The highest BCUT2D eigenvalue weighted by Gasteiger charge is 2.29. The van der Waals surface area contributed by atoms with Crippen LogP contribution in [0.25, 0.3) is 0 Å². The Kier molecular flexibility index (Phi) is 4.60. The Morgan fingerprint density at radius 1 is 1.41 bits per heavy atom. The SMILES string of the molecule is Cc1ccc(F)c(O[C@H](c2cccnc2)C2CCNC2)c1Cl. The first-order chi connectivity index (χ1) is 10.7. The molecule has 3 rings (SSSR count). The summed E-state index contributed by atoms with van der Waals surface area (Å²) in [6.45, 7) is 3.62. The molecule has 3 nitrogen and oxygen atoms in total. The Morgan fingerprint density at radius 2 is 2.27 bits per heavy atom. The molecule has 0 bridgehead atoms. The summed E-state index contributed by atoms with van der Waals surface area (Å²) in [5.41, 5.74) is 1.74. The van der Waals surface area contributed by atoms with E-state index in [1.807, 2.05) is 19.1 Å². The molecule has 1 N–H and O–H groups in total.